The molecule has 0 spiro atoms. The van der Waals surface area contributed by atoms with Crippen molar-refractivity contribution in [3.05, 3.63) is 68.7 Å². The third-order valence-electron chi connectivity index (χ3n) is 4.87. The second-order valence-corrected chi connectivity index (χ2v) is 10.1. The molecular formula is C24H29Cl3N2O2S. The number of carbonyl (C=O) groups excluding carboxylic acids is 2. The number of nitrogens with one attached hydrogen (secondary N) is 1. The number of amides is 2. The predicted molar refractivity (Wildman–Crippen MR) is 137 cm³/mol. The van der Waals surface area contributed by atoms with Crippen LogP contribution in [0.5, 0.6) is 0 Å². The first-order valence-corrected chi connectivity index (χ1v) is 12.8. The number of hydrogen-bond donors (Lipinski definition) is 1. The van der Waals surface area contributed by atoms with Crippen molar-refractivity contribution in [3.8, 4) is 0 Å². The van der Waals surface area contributed by atoms with Crippen molar-refractivity contribution < 1.29 is 9.59 Å². The largest absolute Gasteiger partial charge is 0.354 e. The van der Waals surface area contributed by atoms with E-state index < -0.39 is 6.04 Å². The molecule has 0 fully saturated rings. The first-order chi connectivity index (χ1) is 15.2. The van der Waals surface area contributed by atoms with Gasteiger partial charge in [-0.05, 0) is 41.7 Å². The minimum absolute atomic E-state index is 0.125. The number of nitrogens with zero attached hydrogens (tertiary/aromatic N) is 1. The molecule has 32 heavy (non-hydrogen) atoms. The van der Waals surface area contributed by atoms with Gasteiger partial charge in [0.05, 0.1) is 5.75 Å². The quantitative estimate of drug-likeness (QED) is 0.373. The van der Waals surface area contributed by atoms with Gasteiger partial charge in [0.15, 0.2) is 0 Å². The number of thioether (sulfide) groups is 1. The van der Waals surface area contributed by atoms with Gasteiger partial charge in [0.25, 0.3) is 0 Å². The molecule has 0 bridgehead atoms. The molecule has 2 aromatic carbocycles. The summed E-state index contributed by atoms with van der Waals surface area (Å²) < 4.78 is 0. The summed E-state index contributed by atoms with van der Waals surface area (Å²) in [6.45, 7) is 6.75. The molecule has 174 valence electrons. The highest BCUT2D eigenvalue weighted by Crippen LogP contribution is 2.25. The van der Waals surface area contributed by atoms with E-state index in [0.717, 1.165) is 11.1 Å². The van der Waals surface area contributed by atoms with E-state index in [1.165, 1.54) is 11.8 Å². The van der Waals surface area contributed by atoms with Crippen LogP contribution >= 0.6 is 46.6 Å². The topological polar surface area (TPSA) is 49.4 Å². The SMILES string of the molecule is CC[C@H](C(=O)NCC(C)C)N(Cc1ccc(Cl)cc1Cl)C(=O)CSCc1ccccc1Cl. The molecule has 0 radical (unpaired) electrons. The highest BCUT2D eigenvalue weighted by molar-refractivity contribution is 7.99. The Bertz CT molecular complexity index is 924. The van der Waals surface area contributed by atoms with E-state index in [1.807, 2.05) is 45.0 Å². The molecule has 1 atom stereocenters. The normalized spacial score (nSPS) is 12.0. The molecule has 1 N–H and O–H groups in total. The van der Waals surface area contributed by atoms with Crippen LogP contribution in [0.4, 0.5) is 0 Å². The lowest BCUT2D eigenvalue weighted by Gasteiger charge is -2.31. The van der Waals surface area contributed by atoms with E-state index in [0.29, 0.717) is 39.7 Å². The van der Waals surface area contributed by atoms with Gasteiger partial charge in [-0.3, -0.25) is 9.59 Å². The maximum absolute atomic E-state index is 13.3. The average Bonchev–Trinajstić information content (AvgIpc) is 2.74. The van der Waals surface area contributed by atoms with Crippen molar-refractivity contribution in [1.29, 1.82) is 0 Å². The minimum atomic E-state index is -0.589. The molecule has 4 nitrogen and oxygen atoms in total. The van der Waals surface area contributed by atoms with Crippen LogP contribution in [0.2, 0.25) is 15.1 Å². The Morgan fingerprint density at radius 1 is 1.03 bits per heavy atom. The van der Waals surface area contributed by atoms with Gasteiger partial charge in [0.1, 0.15) is 6.04 Å². The molecule has 0 heterocycles. The van der Waals surface area contributed by atoms with Crippen molar-refractivity contribution in [2.75, 3.05) is 12.3 Å². The average molecular weight is 516 g/mol. The minimum Gasteiger partial charge on any atom is -0.354 e. The lowest BCUT2D eigenvalue weighted by molar-refractivity contribution is -0.139. The second-order valence-electron chi connectivity index (χ2n) is 7.90. The van der Waals surface area contributed by atoms with E-state index in [2.05, 4.69) is 5.32 Å². The summed E-state index contributed by atoms with van der Waals surface area (Å²) in [5.41, 5.74) is 1.72. The Labute approximate surface area is 210 Å². The van der Waals surface area contributed by atoms with Crippen LogP contribution < -0.4 is 5.32 Å². The maximum atomic E-state index is 13.3. The summed E-state index contributed by atoms with van der Waals surface area (Å²) >= 11 is 20.1. The molecule has 0 saturated carbocycles. The van der Waals surface area contributed by atoms with Crippen LogP contribution in [-0.2, 0) is 21.9 Å². The van der Waals surface area contributed by atoms with Crippen molar-refractivity contribution >= 4 is 58.4 Å². The number of rotatable bonds is 11. The molecule has 0 aliphatic rings. The van der Waals surface area contributed by atoms with Crippen LogP contribution in [0, 0.1) is 5.92 Å². The zero-order chi connectivity index (χ0) is 23.7. The fourth-order valence-electron chi connectivity index (χ4n) is 3.12. The molecule has 2 rings (SSSR count). The van der Waals surface area contributed by atoms with Gasteiger partial charge in [-0.15, -0.1) is 11.8 Å². The molecule has 0 aliphatic heterocycles. The zero-order valence-electron chi connectivity index (χ0n) is 18.5. The molecule has 2 aromatic rings. The Morgan fingerprint density at radius 2 is 1.75 bits per heavy atom. The molecule has 8 heteroatoms. The number of halogens is 3. The first kappa shape index (κ1) is 26.8. The van der Waals surface area contributed by atoms with Crippen LogP contribution in [0.1, 0.15) is 38.3 Å². The van der Waals surface area contributed by atoms with Gasteiger partial charge < -0.3 is 10.2 Å². The van der Waals surface area contributed by atoms with Crippen LogP contribution in [0.25, 0.3) is 0 Å². The van der Waals surface area contributed by atoms with E-state index in [1.54, 1.807) is 23.1 Å². The summed E-state index contributed by atoms with van der Waals surface area (Å²) in [5.74, 6) is 0.870. The predicted octanol–water partition coefficient (Wildman–Crippen LogP) is 6.46. The fraction of sp³-hybridized carbons (Fsp3) is 0.417. The number of benzene rings is 2. The fourth-order valence-corrected chi connectivity index (χ4v) is 4.79. The van der Waals surface area contributed by atoms with Gasteiger partial charge in [0, 0.05) is 33.9 Å². The van der Waals surface area contributed by atoms with Crippen molar-refractivity contribution in [2.24, 2.45) is 5.92 Å². The van der Waals surface area contributed by atoms with Crippen LogP contribution in [0.3, 0.4) is 0 Å². The van der Waals surface area contributed by atoms with E-state index in [4.69, 9.17) is 34.8 Å². The van der Waals surface area contributed by atoms with E-state index in [-0.39, 0.29) is 24.1 Å². The maximum Gasteiger partial charge on any atom is 0.242 e. The van der Waals surface area contributed by atoms with Crippen molar-refractivity contribution in [2.45, 2.75) is 45.5 Å². The smallest absolute Gasteiger partial charge is 0.242 e. The van der Waals surface area contributed by atoms with Gasteiger partial charge in [-0.1, -0.05) is 79.8 Å². The second kappa shape index (κ2) is 13.3. The summed E-state index contributed by atoms with van der Waals surface area (Å²) in [6.07, 6.45) is 0.496. The first-order valence-electron chi connectivity index (χ1n) is 10.5. The molecular weight excluding hydrogens is 487 g/mol. The van der Waals surface area contributed by atoms with E-state index in [9.17, 15) is 9.59 Å². The Morgan fingerprint density at radius 3 is 2.38 bits per heavy atom. The number of carbonyl (C=O) groups is 2. The lowest BCUT2D eigenvalue weighted by Crippen LogP contribution is -2.50. The van der Waals surface area contributed by atoms with Gasteiger partial charge in [-0.25, -0.2) is 0 Å². The molecule has 0 saturated heterocycles. The third kappa shape index (κ3) is 8.18. The molecule has 0 aromatic heterocycles. The summed E-state index contributed by atoms with van der Waals surface area (Å²) in [5, 5.41) is 4.62. The highest BCUT2D eigenvalue weighted by atomic mass is 35.5. The van der Waals surface area contributed by atoms with Gasteiger partial charge in [-0.2, -0.15) is 0 Å². The summed E-state index contributed by atoms with van der Waals surface area (Å²) in [4.78, 5) is 27.8. The summed E-state index contributed by atoms with van der Waals surface area (Å²) in [6, 6.07) is 12.2. The molecule has 2 amide bonds. The highest BCUT2D eigenvalue weighted by Gasteiger charge is 2.29. The number of hydrogen-bond acceptors (Lipinski definition) is 3. The lowest BCUT2D eigenvalue weighted by atomic mass is 10.1. The van der Waals surface area contributed by atoms with Gasteiger partial charge >= 0.3 is 0 Å². The zero-order valence-corrected chi connectivity index (χ0v) is 21.6. The Hall–Kier alpha value is -1.40. The molecule has 0 aliphatic carbocycles. The van der Waals surface area contributed by atoms with Crippen molar-refractivity contribution in [1.82, 2.24) is 10.2 Å². The van der Waals surface area contributed by atoms with Crippen molar-refractivity contribution in [3.63, 3.8) is 0 Å². The van der Waals surface area contributed by atoms with Gasteiger partial charge in [0.2, 0.25) is 11.8 Å². The third-order valence-corrected chi connectivity index (χ3v) is 6.79. The monoisotopic (exact) mass is 514 g/mol. The standard InChI is InChI=1S/C24H29Cl3N2O2S/c1-4-22(24(31)28-12-16(2)3)29(13-17-9-10-19(25)11-21(17)27)23(30)15-32-14-18-7-5-6-8-20(18)26/h5-11,16,22H,4,12-15H2,1-3H3,(H,28,31)/t22-/m1/s1. The van der Waals surface area contributed by atoms with E-state index >= 15 is 0 Å². The van der Waals surface area contributed by atoms with Crippen LogP contribution in [-0.4, -0.2) is 35.1 Å². The van der Waals surface area contributed by atoms with Crippen LogP contribution in [0.15, 0.2) is 42.5 Å². The molecule has 0 unspecified atom stereocenters. The Balaban J connectivity index is 2.18. The summed E-state index contributed by atoms with van der Waals surface area (Å²) in [7, 11) is 0. The Kier molecular flexibility index (Phi) is 11.2.